The lowest BCUT2D eigenvalue weighted by molar-refractivity contribution is -0.121. The summed E-state index contributed by atoms with van der Waals surface area (Å²) >= 11 is 0. The van der Waals surface area contributed by atoms with Crippen molar-refractivity contribution in [1.29, 1.82) is 0 Å². The van der Waals surface area contributed by atoms with Gasteiger partial charge in [-0.2, -0.15) is 0 Å². The molecule has 0 aliphatic rings. The molecule has 5 heteroatoms. The van der Waals surface area contributed by atoms with Crippen LogP contribution in [-0.2, 0) is 11.2 Å². The van der Waals surface area contributed by atoms with Gasteiger partial charge in [0.15, 0.2) is 0 Å². The first kappa shape index (κ1) is 15.1. The number of carbonyl (C=O) groups excluding carboxylic acids is 1. The molecule has 112 valence electrons. The molecule has 0 bridgehead atoms. The lowest BCUT2D eigenvalue weighted by atomic mass is 10.1. The molecule has 1 aromatic carbocycles. The Bertz CT molecular complexity index is 548. The van der Waals surface area contributed by atoms with E-state index in [4.69, 9.17) is 9.15 Å². The number of nitrogens with one attached hydrogen (secondary N) is 1. The van der Waals surface area contributed by atoms with Gasteiger partial charge in [-0.1, -0.05) is 12.1 Å². The molecule has 0 aliphatic heterocycles. The van der Waals surface area contributed by atoms with Gasteiger partial charge in [-0.25, -0.2) is 0 Å². The third kappa shape index (κ3) is 4.65. The lowest BCUT2D eigenvalue weighted by Crippen LogP contribution is -2.28. The maximum absolute atomic E-state index is 11.7. The molecule has 0 aliphatic carbocycles. The van der Waals surface area contributed by atoms with E-state index in [1.165, 1.54) is 12.5 Å². The van der Waals surface area contributed by atoms with Crippen molar-refractivity contribution in [3.05, 3.63) is 54.0 Å². The van der Waals surface area contributed by atoms with Gasteiger partial charge in [0, 0.05) is 18.5 Å². The summed E-state index contributed by atoms with van der Waals surface area (Å²) < 4.78 is 9.96. The van der Waals surface area contributed by atoms with Gasteiger partial charge in [-0.05, 0) is 30.2 Å². The summed E-state index contributed by atoms with van der Waals surface area (Å²) in [4.78, 5) is 11.7. The van der Waals surface area contributed by atoms with Crippen LogP contribution in [0.25, 0.3) is 0 Å². The molecule has 0 radical (unpaired) electrons. The zero-order valence-corrected chi connectivity index (χ0v) is 11.9. The number of hydrogen-bond donors (Lipinski definition) is 2. The Balaban J connectivity index is 1.71. The summed E-state index contributed by atoms with van der Waals surface area (Å²) in [5, 5.41) is 12.5. The number of methoxy groups -OCH3 is 1. The third-order valence-electron chi connectivity index (χ3n) is 3.22. The smallest absolute Gasteiger partial charge is 0.220 e. The summed E-state index contributed by atoms with van der Waals surface area (Å²) in [6.07, 6.45) is 3.24. The van der Waals surface area contributed by atoms with Crippen LogP contribution in [0, 0.1) is 0 Å². The molecule has 0 saturated heterocycles. The normalized spacial score (nSPS) is 11.9. The fourth-order valence-electron chi connectivity index (χ4n) is 1.93. The molecule has 1 aromatic heterocycles. The molecule has 21 heavy (non-hydrogen) atoms. The summed E-state index contributed by atoms with van der Waals surface area (Å²) in [5.41, 5.74) is 1.73. The number of aryl methyl sites for hydroxylation is 1. The van der Waals surface area contributed by atoms with Gasteiger partial charge >= 0.3 is 0 Å². The first-order valence-electron chi connectivity index (χ1n) is 6.79. The average Bonchev–Trinajstić information content (AvgIpc) is 3.05. The molecule has 0 saturated carbocycles. The van der Waals surface area contributed by atoms with E-state index >= 15 is 0 Å². The minimum absolute atomic E-state index is 0.0895. The topological polar surface area (TPSA) is 71.7 Å². The number of amides is 1. The molecule has 1 amide bonds. The molecule has 0 unspecified atom stereocenters. The quantitative estimate of drug-likeness (QED) is 0.818. The van der Waals surface area contributed by atoms with Gasteiger partial charge in [0.25, 0.3) is 0 Å². The maximum Gasteiger partial charge on any atom is 0.220 e. The monoisotopic (exact) mass is 289 g/mol. The van der Waals surface area contributed by atoms with Gasteiger partial charge in [-0.15, -0.1) is 0 Å². The Kier molecular flexibility index (Phi) is 5.40. The Morgan fingerprint density at radius 2 is 2.10 bits per heavy atom. The zero-order valence-electron chi connectivity index (χ0n) is 11.9. The number of carbonyl (C=O) groups is 1. The number of rotatable bonds is 7. The van der Waals surface area contributed by atoms with E-state index in [1.54, 1.807) is 13.2 Å². The lowest BCUT2D eigenvalue weighted by Gasteiger charge is -2.10. The molecule has 0 fully saturated rings. The van der Waals surface area contributed by atoms with Crippen molar-refractivity contribution in [2.75, 3.05) is 13.7 Å². The van der Waals surface area contributed by atoms with Crippen molar-refractivity contribution < 1.29 is 19.1 Å². The number of aliphatic hydroxyl groups is 1. The average molecular weight is 289 g/mol. The summed E-state index contributed by atoms with van der Waals surface area (Å²) in [5.74, 6) is 0.708. The van der Waals surface area contributed by atoms with Crippen molar-refractivity contribution in [3.8, 4) is 5.75 Å². The van der Waals surface area contributed by atoms with Crippen LogP contribution in [0.5, 0.6) is 5.75 Å². The van der Waals surface area contributed by atoms with Crippen LogP contribution >= 0.6 is 0 Å². The second kappa shape index (κ2) is 7.50. The van der Waals surface area contributed by atoms with Crippen LogP contribution in [0.3, 0.4) is 0 Å². The van der Waals surface area contributed by atoms with Crippen LogP contribution < -0.4 is 10.1 Å². The molecular weight excluding hydrogens is 270 g/mol. The fraction of sp³-hybridized carbons (Fsp3) is 0.312. The zero-order chi connectivity index (χ0) is 15.1. The van der Waals surface area contributed by atoms with Crippen molar-refractivity contribution >= 4 is 5.91 Å². The summed E-state index contributed by atoms with van der Waals surface area (Å²) in [7, 11) is 1.62. The number of aliphatic hydroxyl groups excluding tert-OH is 1. The van der Waals surface area contributed by atoms with E-state index in [9.17, 15) is 9.90 Å². The van der Waals surface area contributed by atoms with Crippen molar-refractivity contribution in [1.82, 2.24) is 5.32 Å². The highest BCUT2D eigenvalue weighted by atomic mass is 16.5. The minimum Gasteiger partial charge on any atom is -0.497 e. The standard InChI is InChI=1S/C16H19NO4/c1-20-14-5-2-12(3-6-14)4-7-16(19)17-10-15(18)13-8-9-21-11-13/h2-3,5-6,8-9,11,15,18H,4,7,10H2,1H3,(H,17,19)/t15-/m1/s1. The fourth-order valence-corrected chi connectivity index (χ4v) is 1.93. The molecule has 2 aromatic rings. The summed E-state index contributed by atoms with van der Waals surface area (Å²) in [6.45, 7) is 0.182. The highest BCUT2D eigenvalue weighted by molar-refractivity contribution is 5.76. The van der Waals surface area contributed by atoms with Crippen molar-refractivity contribution in [3.63, 3.8) is 0 Å². The number of benzene rings is 1. The van der Waals surface area contributed by atoms with Crippen LogP contribution in [0.1, 0.15) is 23.7 Å². The number of ether oxygens (including phenoxy) is 1. The highest BCUT2D eigenvalue weighted by Crippen LogP contribution is 2.13. The molecule has 0 spiro atoms. The molecule has 5 nitrogen and oxygen atoms in total. The predicted molar refractivity (Wildman–Crippen MR) is 78.0 cm³/mol. The molecular formula is C16H19NO4. The molecule has 1 atom stereocenters. The predicted octanol–water partition coefficient (Wildman–Crippen LogP) is 2.07. The first-order valence-corrected chi connectivity index (χ1v) is 6.79. The maximum atomic E-state index is 11.7. The Morgan fingerprint density at radius 3 is 2.71 bits per heavy atom. The van der Waals surface area contributed by atoms with Crippen LogP contribution in [0.2, 0.25) is 0 Å². The van der Waals surface area contributed by atoms with E-state index in [2.05, 4.69) is 5.32 Å². The number of hydrogen-bond acceptors (Lipinski definition) is 4. The Hall–Kier alpha value is -2.27. The van der Waals surface area contributed by atoms with Gasteiger partial charge in [0.05, 0.1) is 25.7 Å². The Labute approximate surface area is 123 Å². The molecule has 2 rings (SSSR count). The van der Waals surface area contributed by atoms with Gasteiger partial charge in [-0.3, -0.25) is 4.79 Å². The number of furan rings is 1. The van der Waals surface area contributed by atoms with E-state index in [-0.39, 0.29) is 12.5 Å². The van der Waals surface area contributed by atoms with Gasteiger partial charge in [0.2, 0.25) is 5.91 Å². The largest absolute Gasteiger partial charge is 0.497 e. The van der Waals surface area contributed by atoms with Crippen LogP contribution in [-0.4, -0.2) is 24.7 Å². The second-order valence-electron chi connectivity index (χ2n) is 4.72. The third-order valence-corrected chi connectivity index (χ3v) is 3.22. The second-order valence-corrected chi connectivity index (χ2v) is 4.72. The van der Waals surface area contributed by atoms with Gasteiger partial charge in [0.1, 0.15) is 5.75 Å². The van der Waals surface area contributed by atoms with Crippen molar-refractivity contribution in [2.45, 2.75) is 18.9 Å². The molecule has 2 N–H and O–H groups in total. The SMILES string of the molecule is COc1ccc(CCC(=O)NC[C@@H](O)c2ccoc2)cc1. The van der Waals surface area contributed by atoms with E-state index in [1.807, 2.05) is 24.3 Å². The first-order chi connectivity index (χ1) is 10.2. The minimum atomic E-state index is -0.742. The van der Waals surface area contributed by atoms with Crippen molar-refractivity contribution in [2.24, 2.45) is 0 Å². The van der Waals surface area contributed by atoms with Gasteiger partial charge < -0.3 is 19.6 Å². The highest BCUT2D eigenvalue weighted by Gasteiger charge is 2.10. The van der Waals surface area contributed by atoms with E-state index in [0.29, 0.717) is 18.4 Å². The van der Waals surface area contributed by atoms with Crippen LogP contribution in [0.4, 0.5) is 0 Å². The van der Waals surface area contributed by atoms with Crippen LogP contribution in [0.15, 0.2) is 47.3 Å². The summed E-state index contributed by atoms with van der Waals surface area (Å²) in [6, 6.07) is 9.29. The Morgan fingerprint density at radius 1 is 1.33 bits per heavy atom. The van der Waals surface area contributed by atoms with E-state index < -0.39 is 6.10 Å². The van der Waals surface area contributed by atoms with E-state index in [0.717, 1.165) is 11.3 Å². The molecule has 1 heterocycles.